The fourth-order valence-electron chi connectivity index (χ4n) is 1.58. The third kappa shape index (κ3) is 1.24. The summed E-state index contributed by atoms with van der Waals surface area (Å²) in [7, 11) is -2.94. The molecule has 0 bridgehead atoms. The summed E-state index contributed by atoms with van der Waals surface area (Å²) < 4.78 is 11.5. The van der Waals surface area contributed by atoms with E-state index in [2.05, 4.69) is 5.92 Å². The van der Waals surface area contributed by atoms with Crippen LogP contribution in [-0.2, 0) is 4.57 Å². The molecule has 2 nitrogen and oxygen atoms in total. The zero-order valence-corrected chi connectivity index (χ0v) is 7.71. The van der Waals surface area contributed by atoms with Crippen LogP contribution in [0.5, 0.6) is 0 Å². The highest BCUT2D eigenvalue weighted by atomic mass is 31.2. The first-order valence-corrected chi connectivity index (χ1v) is 5.58. The number of hydrogen-bond donors (Lipinski definition) is 1. The van der Waals surface area contributed by atoms with Gasteiger partial charge in [0.2, 0.25) is 7.37 Å². The van der Waals surface area contributed by atoms with E-state index in [4.69, 9.17) is 6.42 Å². The second-order valence-electron chi connectivity index (χ2n) is 3.27. The van der Waals surface area contributed by atoms with Crippen molar-refractivity contribution in [3.05, 3.63) is 0 Å². The lowest BCUT2D eigenvalue weighted by atomic mass is 10.0. The third-order valence-corrected chi connectivity index (χ3v) is 5.61. The first-order chi connectivity index (χ1) is 5.00. The molecule has 1 rings (SSSR count). The van der Waals surface area contributed by atoms with Gasteiger partial charge < -0.3 is 4.89 Å². The van der Waals surface area contributed by atoms with Gasteiger partial charge in [0.25, 0.3) is 0 Å². The van der Waals surface area contributed by atoms with Crippen molar-refractivity contribution in [2.45, 2.75) is 31.6 Å². The average molecular weight is 172 g/mol. The average Bonchev–Trinajstić information content (AvgIpc) is 2.14. The third-order valence-electron chi connectivity index (χ3n) is 2.61. The SMILES string of the molecule is C#CC1CC(C)P(=O)(O)C1C. The molecule has 0 amide bonds. The second kappa shape index (κ2) is 2.66. The molecule has 1 aliphatic rings. The summed E-state index contributed by atoms with van der Waals surface area (Å²) in [5.74, 6) is 2.57. The topological polar surface area (TPSA) is 37.3 Å². The number of terminal acetylenes is 1. The van der Waals surface area contributed by atoms with Crippen LogP contribution in [0, 0.1) is 18.3 Å². The zero-order valence-electron chi connectivity index (χ0n) is 6.82. The molecule has 0 radical (unpaired) electrons. The maximum absolute atomic E-state index is 11.5. The Morgan fingerprint density at radius 2 is 2.18 bits per heavy atom. The van der Waals surface area contributed by atoms with Crippen LogP contribution in [0.1, 0.15) is 20.3 Å². The van der Waals surface area contributed by atoms with Gasteiger partial charge in [0.1, 0.15) is 0 Å². The Bertz CT molecular complexity index is 241. The predicted molar refractivity (Wildman–Crippen MR) is 45.7 cm³/mol. The van der Waals surface area contributed by atoms with Crippen molar-refractivity contribution < 1.29 is 9.46 Å². The molecule has 62 valence electrons. The van der Waals surface area contributed by atoms with Crippen LogP contribution >= 0.6 is 7.37 Å². The van der Waals surface area contributed by atoms with Crippen LogP contribution in [0.15, 0.2) is 0 Å². The van der Waals surface area contributed by atoms with E-state index < -0.39 is 7.37 Å². The minimum atomic E-state index is -2.94. The van der Waals surface area contributed by atoms with Crippen LogP contribution in [0.4, 0.5) is 0 Å². The standard InChI is InChI=1S/C8H13O2P/c1-4-8-5-6(2)11(9,10)7(8)3/h1,6-8H,5H2,2-3H3,(H,9,10). The van der Waals surface area contributed by atoms with E-state index >= 15 is 0 Å². The highest BCUT2D eigenvalue weighted by Gasteiger charge is 2.45. The van der Waals surface area contributed by atoms with E-state index in [1.54, 1.807) is 13.8 Å². The van der Waals surface area contributed by atoms with Crippen molar-refractivity contribution in [3.8, 4) is 12.3 Å². The smallest absolute Gasteiger partial charge is 0.207 e. The molecule has 4 unspecified atom stereocenters. The molecule has 0 aromatic carbocycles. The molecule has 0 spiro atoms. The molecule has 3 heteroatoms. The highest BCUT2D eigenvalue weighted by molar-refractivity contribution is 7.59. The minimum Gasteiger partial charge on any atom is -0.344 e. The number of rotatable bonds is 0. The maximum atomic E-state index is 11.5. The van der Waals surface area contributed by atoms with Gasteiger partial charge in [-0.25, -0.2) is 0 Å². The lowest BCUT2D eigenvalue weighted by molar-refractivity contribution is 0.466. The van der Waals surface area contributed by atoms with Gasteiger partial charge in [-0.15, -0.1) is 12.3 Å². The monoisotopic (exact) mass is 172 g/mol. The van der Waals surface area contributed by atoms with Gasteiger partial charge in [-0.1, -0.05) is 13.8 Å². The van der Waals surface area contributed by atoms with Gasteiger partial charge in [-0.3, -0.25) is 4.57 Å². The summed E-state index contributed by atoms with van der Waals surface area (Å²) in [6, 6.07) is 0. The fraction of sp³-hybridized carbons (Fsp3) is 0.750. The summed E-state index contributed by atoms with van der Waals surface area (Å²) in [4.78, 5) is 9.49. The summed E-state index contributed by atoms with van der Waals surface area (Å²) in [5.41, 5.74) is -0.318. The second-order valence-corrected chi connectivity index (χ2v) is 6.31. The lowest BCUT2D eigenvalue weighted by Gasteiger charge is -2.13. The van der Waals surface area contributed by atoms with Gasteiger partial charge in [-0.05, 0) is 6.42 Å². The first kappa shape index (κ1) is 8.84. The van der Waals surface area contributed by atoms with E-state index in [1.807, 2.05) is 0 Å². The molecule has 0 aromatic rings. The van der Waals surface area contributed by atoms with E-state index in [0.29, 0.717) is 6.42 Å². The molecular formula is C8H13O2P. The lowest BCUT2D eigenvalue weighted by Crippen LogP contribution is -2.06. The zero-order chi connectivity index (χ0) is 8.65. The molecule has 0 aromatic heterocycles. The summed E-state index contributed by atoms with van der Waals surface area (Å²) in [6.07, 6.45) is 5.93. The minimum absolute atomic E-state index is 0.000772. The van der Waals surface area contributed by atoms with Gasteiger partial charge in [-0.2, -0.15) is 0 Å². The molecule has 1 heterocycles. The predicted octanol–water partition coefficient (Wildman–Crippen LogP) is 1.69. The van der Waals surface area contributed by atoms with Gasteiger partial charge in [0.05, 0.1) is 0 Å². The van der Waals surface area contributed by atoms with Crippen LogP contribution in [0.3, 0.4) is 0 Å². The Morgan fingerprint density at radius 1 is 1.64 bits per heavy atom. The summed E-state index contributed by atoms with van der Waals surface area (Å²) in [6.45, 7) is 3.57. The van der Waals surface area contributed by atoms with Crippen molar-refractivity contribution in [3.63, 3.8) is 0 Å². The first-order valence-electron chi connectivity index (χ1n) is 3.78. The van der Waals surface area contributed by atoms with Crippen molar-refractivity contribution >= 4 is 7.37 Å². The van der Waals surface area contributed by atoms with Crippen LogP contribution in [0.25, 0.3) is 0 Å². The van der Waals surface area contributed by atoms with Crippen LogP contribution < -0.4 is 0 Å². The Labute approximate surface area is 67.5 Å². The Morgan fingerprint density at radius 3 is 2.36 bits per heavy atom. The van der Waals surface area contributed by atoms with Crippen molar-refractivity contribution in [2.75, 3.05) is 0 Å². The van der Waals surface area contributed by atoms with E-state index in [-0.39, 0.29) is 17.2 Å². The molecule has 11 heavy (non-hydrogen) atoms. The Balaban J connectivity index is 2.91. The van der Waals surface area contributed by atoms with Crippen molar-refractivity contribution in [2.24, 2.45) is 5.92 Å². The Kier molecular flexibility index (Phi) is 2.14. The maximum Gasteiger partial charge on any atom is 0.207 e. The highest BCUT2D eigenvalue weighted by Crippen LogP contribution is 2.61. The van der Waals surface area contributed by atoms with E-state index in [0.717, 1.165) is 0 Å². The van der Waals surface area contributed by atoms with Crippen molar-refractivity contribution in [1.29, 1.82) is 0 Å². The van der Waals surface area contributed by atoms with E-state index in [1.165, 1.54) is 0 Å². The summed E-state index contributed by atoms with van der Waals surface area (Å²) in [5, 5.41) is 0. The van der Waals surface area contributed by atoms with Crippen LogP contribution in [-0.4, -0.2) is 16.2 Å². The molecule has 0 saturated carbocycles. The molecule has 0 aliphatic carbocycles. The molecule has 1 saturated heterocycles. The van der Waals surface area contributed by atoms with Crippen LogP contribution in [0.2, 0.25) is 0 Å². The molecular weight excluding hydrogens is 159 g/mol. The Hall–Kier alpha value is -0.250. The normalized spacial score (nSPS) is 50.5. The van der Waals surface area contributed by atoms with Crippen molar-refractivity contribution in [1.82, 2.24) is 0 Å². The number of hydrogen-bond acceptors (Lipinski definition) is 1. The largest absolute Gasteiger partial charge is 0.344 e. The summed E-state index contributed by atoms with van der Waals surface area (Å²) >= 11 is 0. The van der Waals surface area contributed by atoms with Gasteiger partial charge >= 0.3 is 0 Å². The molecule has 1 aliphatic heterocycles. The quantitative estimate of drug-likeness (QED) is 0.446. The molecule has 4 atom stereocenters. The van der Waals surface area contributed by atoms with Gasteiger partial charge in [0.15, 0.2) is 0 Å². The van der Waals surface area contributed by atoms with E-state index in [9.17, 15) is 9.46 Å². The van der Waals surface area contributed by atoms with Gasteiger partial charge in [0, 0.05) is 17.2 Å². The molecule has 1 fully saturated rings. The fourth-order valence-corrected chi connectivity index (χ4v) is 3.64. The molecule has 1 N–H and O–H groups in total.